The van der Waals surface area contributed by atoms with Crippen LogP contribution in [0.25, 0.3) is 0 Å². The molecular formula is C9H19NO2S. The molecule has 3 nitrogen and oxygen atoms in total. The Bertz CT molecular complexity index is 240. The van der Waals surface area contributed by atoms with E-state index in [0.29, 0.717) is 11.5 Å². The van der Waals surface area contributed by atoms with Crippen LogP contribution in [0.15, 0.2) is 0 Å². The summed E-state index contributed by atoms with van der Waals surface area (Å²) < 4.78 is 23.1. The van der Waals surface area contributed by atoms with Gasteiger partial charge in [0.05, 0.1) is 11.5 Å². The van der Waals surface area contributed by atoms with Gasteiger partial charge in [0, 0.05) is 6.04 Å². The molecule has 0 saturated carbocycles. The molecule has 0 aliphatic carbocycles. The summed E-state index contributed by atoms with van der Waals surface area (Å²) in [5, 5.41) is 3.21. The van der Waals surface area contributed by atoms with Crippen molar-refractivity contribution in [3.05, 3.63) is 0 Å². The molecule has 0 aromatic heterocycles. The topological polar surface area (TPSA) is 46.2 Å². The molecule has 0 bridgehead atoms. The third kappa shape index (κ3) is 4.09. The molecule has 1 heterocycles. The average molecular weight is 205 g/mol. The summed E-state index contributed by atoms with van der Waals surface area (Å²) in [7, 11) is -2.83. The van der Waals surface area contributed by atoms with Gasteiger partial charge in [-0.25, -0.2) is 8.42 Å². The lowest BCUT2D eigenvalue weighted by atomic mass is 10.3. The third-order valence-electron chi connectivity index (χ3n) is 2.20. The molecule has 1 saturated heterocycles. The zero-order valence-electron chi connectivity index (χ0n) is 8.41. The molecule has 0 aromatic carbocycles. The Morgan fingerprint density at radius 1 is 1.46 bits per heavy atom. The van der Waals surface area contributed by atoms with E-state index in [1.807, 2.05) is 13.8 Å². The maximum Gasteiger partial charge on any atom is 0.152 e. The predicted octanol–water partition coefficient (Wildman–Crippen LogP) is 0.809. The lowest BCUT2D eigenvalue weighted by Crippen LogP contribution is -2.31. The van der Waals surface area contributed by atoms with Gasteiger partial charge in [0.25, 0.3) is 0 Å². The van der Waals surface area contributed by atoms with Crippen molar-refractivity contribution in [1.82, 2.24) is 5.32 Å². The van der Waals surface area contributed by atoms with Crippen LogP contribution < -0.4 is 5.32 Å². The molecule has 1 rings (SSSR count). The minimum absolute atomic E-state index is 0.212. The van der Waals surface area contributed by atoms with Gasteiger partial charge >= 0.3 is 0 Å². The summed E-state index contributed by atoms with van der Waals surface area (Å²) in [5.41, 5.74) is 0. The van der Waals surface area contributed by atoms with Gasteiger partial charge in [0.2, 0.25) is 0 Å². The SMILES string of the molecule is CC(C)CS(=O)(=O)C[C@@H]1CCCN1. The van der Waals surface area contributed by atoms with Crippen molar-refractivity contribution in [1.29, 1.82) is 0 Å². The average Bonchev–Trinajstić information content (AvgIpc) is 2.34. The molecule has 13 heavy (non-hydrogen) atoms. The van der Waals surface area contributed by atoms with Gasteiger partial charge in [-0.1, -0.05) is 13.8 Å². The summed E-state index contributed by atoms with van der Waals surface area (Å²) in [6.45, 7) is 4.86. The standard InChI is InChI=1S/C9H19NO2S/c1-8(2)6-13(11,12)7-9-4-3-5-10-9/h8-10H,3-7H2,1-2H3/t9-/m0/s1. The first kappa shape index (κ1) is 11.0. The van der Waals surface area contributed by atoms with E-state index in [4.69, 9.17) is 0 Å². The largest absolute Gasteiger partial charge is 0.313 e. The van der Waals surface area contributed by atoms with Crippen LogP contribution in [0.2, 0.25) is 0 Å². The number of hydrogen-bond donors (Lipinski definition) is 1. The summed E-state index contributed by atoms with van der Waals surface area (Å²) in [4.78, 5) is 0. The highest BCUT2D eigenvalue weighted by Crippen LogP contribution is 2.10. The molecular weight excluding hydrogens is 186 g/mol. The molecule has 1 aliphatic rings. The molecule has 0 aromatic rings. The second-order valence-electron chi connectivity index (χ2n) is 4.26. The minimum atomic E-state index is -2.83. The van der Waals surface area contributed by atoms with Crippen LogP contribution in [0.5, 0.6) is 0 Å². The lowest BCUT2D eigenvalue weighted by Gasteiger charge is -2.11. The fourth-order valence-electron chi connectivity index (χ4n) is 1.78. The van der Waals surface area contributed by atoms with Gasteiger partial charge in [-0.3, -0.25) is 0 Å². The quantitative estimate of drug-likeness (QED) is 0.739. The minimum Gasteiger partial charge on any atom is -0.313 e. The Morgan fingerprint density at radius 3 is 2.62 bits per heavy atom. The van der Waals surface area contributed by atoms with Crippen molar-refractivity contribution in [3.63, 3.8) is 0 Å². The summed E-state index contributed by atoms with van der Waals surface area (Å²) >= 11 is 0. The van der Waals surface area contributed by atoms with E-state index in [1.165, 1.54) is 0 Å². The van der Waals surface area contributed by atoms with Gasteiger partial charge < -0.3 is 5.32 Å². The third-order valence-corrected chi connectivity index (χ3v) is 4.29. The number of hydrogen-bond acceptors (Lipinski definition) is 3. The van der Waals surface area contributed by atoms with Gasteiger partial charge in [-0.2, -0.15) is 0 Å². The van der Waals surface area contributed by atoms with E-state index in [1.54, 1.807) is 0 Å². The Labute approximate surface area is 80.8 Å². The van der Waals surface area contributed by atoms with Crippen molar-refractivity contribution >= 4 is 9.84 Å². The van der Waals surface area contributed by atoms with E-state index in [2.05, 4.69) is 5.32 Å². The van der Waals surface area contributed by atoms with Crippen LogP contribution in [0.1, 0.15) is 26.7 Å². The van der Waals surface area contributed by atoms with Gasteiger partial charge in [0.15, 0.2) is 9.84 Å². The molecule has 1 fully saturated rings. The molecule has 0 radical (unpaired) electrons. The molecule has 1 N–H and O–H groups in total. The number of sulfone groups is 1. The fraction of sp³-hybridized carbons (Fsp3) is 1.00. The Hall–Kier alpha value is -0.0900. The Balaban J connectivity index is 2.41. The van der Waals surface area contributed by atoms with Gasteiger partial charge in [-0.05, 0) is 25.3 Å². The highest BCUT2D eigenvalue weighted by molar-refractivity contribution is 7.91. The first-order valence-corrected chi connectivity index (χ1v) is 6.75. The van der Waals surface area contributed by atoms with Gasteiger partial charge in [0.1, 0.15) is 0 Å². The lowest BCUT2D eigenvalue weighted by molar-refractivity contribution is 0.565. The first-order chi connectivity index (χ1) is 5.99. The van der Waals surface area contributed by atoms with E-state index in [0.717, 1.165) is 19.4 Å². The van der Waals surface area contributed by atoms with Crippen LogP contribution >= 0.6 is 0 Å². The zero-order chi connectivity index (χ0) is 9.90. The highest BCUT2D eigenvalue weighted by Gasteiger charge is 2.22. The summed E-state index contributed by atoms with van der Waals surface area (Å²) in [6.07, 6.45) is 2.12. The Morgan fingerprint density at radius 2 is 2.15 bits per heavy atom. The molecule has 0 amide bonds. The highest BCUT2D eigenvalue weighted by atomic mass is 32.2. The van der Waals surface area contributed by atoms with Crippen molar-refractivity contribution in [2.24, 2.45) is 5.92 Å². The zero-order valence-corrected chi connectivity index (χ0v) is 9.23. The molecule has 78 valence electrons. The molecule has 1 aliphatic heterocycles. The van der Waals surface area contributed by atoms with Gasteiger partial charge in [-0.15, -0.1) is 0 Å². The second kappa shape index (κ2) is 4.42. The monoisotopic (exact) mass is 205 g/mol. The normalized spacial score (nSPS) is 24.1. The smallest absolute Gasteiger partial charge is 0.152 e. The van der Waals surface area contributed by atoms with Crippen molar-refractivity contribution < 1.29 is 8.42 Å². The van der Waals surface area contributed by atoms with Crippen molar-refractivity contribution in [3.8, 4) is 0 Å². The maximum atomic E-state index is 11.6. The number of nitrogens with one attached hydrogen (secondary N) is 1. The van der Waals surface area contributed by atoms with Crippen LogP contribution in [-0.2, 0) is 9.84 Å². The van der Waals surface area contributed by atoms with Crippen LogP contribution in [0.4, 0.5) is 0 Å². The molecule has 4 heteroatoms. The molecule has 0 unspecified atom stereocenters. The molecule has 1 atom stereocenters. The van der Waals surface area contributed by atoms with Crippen LogP contribution in [0.3, 0.4) is 0 Å². The molecule has 0 spiro atoms. The van der Waals surface area contributed by atoms with Crippen LogP contribution in [-0.4, -0.2) is 32.5 Å². The predicted molar refractivity (Wildman–Crippen MR) is 54.5 cm³/mol. The number of rotatable bonds is 4. The first-order valence-electron chi connectivity index (χ1n) is 4.93. The van der Waals surface area contributed by atoms with Crippen molar-refractivity contribution in [2.75, 3.05) is 18.1 Å². The van der Waals surface area contributed by atoms with Crippen molar-refractivity contribution in [2.45, 2.75) is 32.7 Å². The van der Waals surface area contributed by atoms with E-state index >= 15 is 0 Å². The van der Waals surface area contributed by atoms with E-state index < -0.39 is 9.84 Å². The fourth-order valence-corrected chi connectivity index (χ4v) is 3.83. The summed E-state index contributed by atoms with van der Waals surface area (Å²) in [5.74, 6) is 0.891. The van der Waals surface area contributed by atoms with Crippen LogP contribution in [0, 0.1) is 5.92 Å². The van der Waals surface area contributed by atoms with E-state index in [-0.39, 0.29) is 12.0 Å². The maximum absolute atomic E-state index is 11.6. The Kier molecular flexibility index (Phi) is 3.74. The second-order valence-corrected chi connectivity index (χ2v) is 6.42. The van der Waals surface area contributed by atoms with E-state index in [9.17, 15) is 8.42 Å². The summed E-state index contributed by atoms with van der Waals surface area (Å²) in [6, 6.07) is 0.212.